The van der Waals surface area contributed by atoms with Crippen molar-refractivity contribution in [3.05, 3.63) is 80.6 Å². The largest absolute Gasteiger partial charge is 0.449 e. The Morgan fingerprint density at radius 3 is 2.70 bits per heavy atom. The van der Waals surface area contributed by atoms with Gasteiger partial charge in [0.1, 0.15) is 18.1 Å². The number of rotatable bonds is 6. The van der Waals surface area contributed by atoms with Crippen LogP contribution in [0.5, 0.6) is 0 Å². The number of anilines is 1. The SMILES string of the molecule is O=C(CN1C(=O)S/C(=C/c2cc(Br)c(Sc3ccc(Cl)cc3)o2)C1=O)Nc1cccc(F)c1. The minimum absolute atomic E-state index is 0.128. The van der Waals surface area contributed by atoms with Crippen molar-refractivity contribution in [3.8, 4) is 0 Å². The predicted molar refractivity (Wildman–Crippen MR) is 130 cm³/mol. The Kier molecular flexibility index (Phi) is 7.28. The van der Waals surface area contributed by atoms with Crippen molar-refractivity contribution in [2.45, 2.75) is 9.99 Å². The van der Waals surface area contributed by atoms with Gasteiger partial charge in [-0.1, -0.05) is 29.4 Å². The summed E-state index contributed by atoms with van der Waals surface area (Å²) in [4.78, 5) is 39.1. The molecule has 0 unspecified atom stereocenters. The number of halogens is 3. The molecule has 0 aliphatic carbocycles. The molecular weight excluding hydrogens is 555 g/mol. The highest BCUT2D eigenvalue weighted by molar-refractivity contribution is 9.10. The summed E-state index contributed by atoms with van der Waals surface area (Å²) in [7, 11) is 0. The number of carbonyl (C=O) groups is 3. The number of benzene rings is 2. The second-order valence-corrected chi connectivity index (χ2v) is 10.00. The van der Waals surface area contributed by atoms with E-state index in [-0.39, 0.29) is 10.6 Å². The molecule has 0 spiro atoms. The Balaban J connectivity index is 1.44. The lowest BCUT2D eigenvalue weighted by Gasteiger charge is -2.12. The molecule has 33 heavy (non-hydrogen) atoms. The number of hydrogen-bond acceptors (Lipinski definition) is 6. The van der Waals surface area contributed by atoms with Crippen LogP contribution in [0.15, 0.2) is 78.4 Å². The summed E-state index contributed by atoms with van der Waals surface area (Å²) in [5.74, 6) is -1.38. The van der Waals surface area contributed by atoms with Gasteiger partial charge in [0.25, 0.3) is 11.1 Å². The van der Waals surface area contributed by atoms with Crippen molar-refractivity contribution in [3.63, 3.8) is 0 Å². The van der Waals surface area contributed by atoms with E-state index >= 15 is 0 Å². The highest BCUT2D eigenvalue weighted by Gasteiger charge is 2.36. The Morgan fingerprint density at radius 1 is 1.21 bits per heavy atom. The molecule has 1 aliphatic rings. The quantitative estimate of drug-likeness (QED) is 0.336. The minimum Gasteiger partial charge on any atom is -0.449 e. The summed E-state index contributed by atoms with van der Waals surface area (Å²) in [5, 5.41) is 3.07. The summed E-state index contributed by atoms with van der Waals surface area (Å²) in [6.07, 6.45) is 1.45. The average Bonchev–Trinajstić information content (AvgIpc) is 3.23. The third-order valence-electron chi connectivity index (χ3n) is 4.26. The lowest BCUT2D eigenvalue weighted by atomic mass is 10.3. The van der Waals surface area contributed by atoms with Crippen molar-refractivity contribution in [2.24, 2.45) is 0 Å². The van der Waals surface area contributed by atoms with Crippen LogP contribution in [0, 0.1) is 5.82 Å². The van der Waals surface area contributed by atoms with E-state index in [9.17, 15) is 18.8 Å². The molecule has 11 heteroatoms. The van der Waals surface area contributed by atoms with Gasteiger partial charge < -0.3 is 9.73 Å². The zero-order valence-electron chi connectivity index (χ0n) is 16.5. The zero-order chi connectivity index (χ0) is 23.5. The Hall–Kier alpha value is -2.53. The van der Waals surface area contributed by atoms with Crippen LogP contribution in [0.3, 0.4) is 0 Å². The van der Waals surface area contributed by atoms with Gasteiger partial charge in [-0.2, -0.15) is 0 Å². The van der Waals surface area contributed by atoms with E-state index in [1.54, 1.807) is 18.2 Å². The van der Waals surface area contributed by atoms with E-state index < -0.39 is 29.4 Å². The van der Waals surface area contributed by atoms with Gasteiger partial charge in [0.05, 0.1) is 9.38 Å². The molecule has 0 radical (unpaired) electrons. The van der Waals surface area contributed by atoms with E-state index in [4.69, 9.17) is 16.0 Å². The van der Waals surface area contributed by atoms with Gasteiger partial charge in [0.2, 0.25) is 5.91 Å². The van der Waals surface area contributed by atoms with E-state index in [1.165, 1.54) is 36.0 Å². The summed E-state index contributed by atoms with van der Waals surface area (Å²) >= 11 is 11.4. The molecular formula is C22H13BrClFN2O4S2. The number of carbonyl (C=O) groups excluding carboxylic acids is 3. The average molecular weight is 568 g/mol. The maximum atomic E-state index is 13.3. The Bertz CT molecular complexity index is 1280. The van der Waals surface area contributed by atoms with Crippen LogP contribution < -0.4 is 5.32 Å². The Morgan fingerprint density at radius 2 is 1.97 bits per heavy atom. The second-order valence-electron chi connectivity index (χ2n) is 6.67. The van der Waals surface area contributed by atoms with Gasteiger partial charge >= 0.3 is 0 Å². The standard InChI is InChI=1S/C22H13BrClFN2O4S2/c23-17-9-15(31-21(17)32-16-6-4-12(24)5-7-16)10-18-20(29)27(22(30)33-18)11-19(28)26-14-3-1-2-13(25)8-14/h1-10H,11H2,(H,26,28)/b18-10+. The number of amides is 3. The van der Waals surface area contributed by atoms with E-state index in [1.807, 2.05) is 12.1 Å². The smallest absolute Gasteiger partial charge is 0.294 e. The molecule has 1 aliphatic heterocycles. The molecule has 1 saturated heterocycles. The fourth-order valence-electron chi connectivity index (χ4n) is 2.80. The molecule has 1 aromatic heterocycles. The predicted octanol–water partition coefficient (Wildman–Crippen LogP) is 6.66. The van der Waals surface area contributed by atoms with Gasteiger partial charge in [0.15, 0.2) is 5.09 Å². The van der Waals surface area contributed by atoms with Gasteiger partial charge in [-0.3, -0.25) is 19.3 Å². The lowest BCUT2D eigenvalue weighted by molar-refractivity contribution is -0.127. The molecule has 0 bridgehead atoms. The molecule has 3 amide bonds. The first-order valence-corrected chi connectivity index (χ1v) is 12.1. The minimum atomic E-state index is -0.619. The molecule has 0 saturated carbocycles. The highest BCUT2D eigenvalue weighted by atomic mass is 79.9. The number of imide groups is 1. The van der Waals surface area contributed by atoms with Crippen LogP contribution in [0.2, 0.25) is 5.02 Å². The van der Waals surface area contributed by atoms with Crippen LogP contribution in [0.1, 0.15) is 5.76 Å². The maximum absolute atomic E-state index is 13.3. The van der Waals surface area contributed by atoms with Crippen molar-refractivity contribution in [2.75, 3.05) is 11.9 Å². The van der Waals surface area contributed by atoms with Crippen molar-refractivity contribution in [1.29, 1.82) is 0 Å². The van der Waals surface area contributed by atoms with Gasteiger partial charge in [0, 0.05) is 21.7 Å². The van der Waals surface area contributed by atoms with Crippen LogP contribution in [0.25, 0.3) is 6.08 Å². The number of furan rings is 1. The van der Waals surface area contributed by atoms with E-state index in [0.717, 1.165) is 15.9 Å². The fourth-order valence-corrected chi connectivity index (χ4v) is 5.07. The van der Waals surface area contributed by atoms with Crippen molar-refractivity contribution < 1.29 is 23.2 Å². The monoisotopic (exact) mass is 566 g/mol. The second kappa shape index (κ2) is 10.2. The first-order chi connectivity index (χ1) is 15.8. The summed E-state index contributed by atoms with van der Waals surface area (Å²) in [5.41, 5.74) is 0.230. The summed E-state index contributed by atoms with van der Waals surface area (Å²) in [6.45, 7) is -0.488. The molecule has 4 rings (SSSR count). The molecule has 1 N–H and O–H groups in total. The fraction of sp³-hybridized carbons (Fsp3) is 0.0455. The molecule has 2 aromatic carbocycles. The first kappa shape index (κ1) is 23.6. The maximum Gasteiger partial charge on any atom is 0.294 e. The van der Waals surface area contributed by atoms with E-state index in [2.05, 4.69) is 21.2 Å². The summed E-state index contributed by atoms with van der Waals surface area (Å²) < 4.78 is 19.8. The number of hydrogen-bond donors (Lipinski definition) is 1. The van der Waals surface area contributed by atoms with Gasteiger partial charge in [-0.15, -0.1) is 0 Å². The summed E-state index contributed by atoms with van der Waals surface area (Å²) in [6, 6.07) is 14.2. The number of nitrogens with one attached hydrogen (secondary N) is 1. The number of nitrogens with zero attached hydrogens (tertiary/aromatic N) is 1. The molecule has 0 atom stereocenters. The van der Waals surface area contributed by atoms with Crippen molar-refractivity contribution in [1.82, 2.24) is 4.90 Å². The van der Waals surface area contributed by atoms with Crippen LogP contribution >= 0.6 is 51.1 Å². The molecule has 3 aromatic rings. The highest BCUT2D eigenvalue weighted by Crippen LogP contribution is 2.38. The van der Waals surface area contributed by atoms with Crippen LogP contribution in [-0.4, -0.2) is 28.5 Å². The van der Waals surface area contributed by atoms with Gasteiger partial charge in [-0.25, -0.2) is 4.39 Å². The zero-order valence-corrected chi connectivity index (χ0v) is 20.5. The molecule has 2 heterocycles. The normalized spacial score (nSPS) is 14.9. The third kappa shape index (κ3) is 5.89. The first-order valence-electron chi connectivity index (χ1n) is 9.32. The van der Waals surface area contributed by atoms with Crippen molar-refractivity contribution >= 4 is 79.9 Å². The number of thioether (sulfide) groups is 1. The molecule has 6 nitrogen and oxygen atoms in total. The third-order valence-corrected chi connectivity index (χ3v) is 7.26. The molecule has 1 fully saturated rings. The topological polar surface area (TPSA) is 79.6 Å². The van der Waals surface area contributed by atoms with Crippen LogP contribution in [-0.2, 0) is 9.59 Å². The molecule has 168 valence electrons. The lowest BCUT2D eigenvalue weighted by Crippen LogP contribution is -2.36. The van der Waals surface area contributed by atoms with Gasteiger partial charge in [-0.05, 0) is 76.2 Å². The Labute approximate surface area is 209 Å². The van der Waals surface area contributed by atoms with Crippen LogP contribution in [0.4, 0.5) is 14.9 Å². The van der Waals surface area contributed by atoms with E-state index in [0.29, 0.717) is 32.1 Å².